The van der Waals surface area contributed by atoms with Crippen LogP contribution in [0, 0.1) is 25.2 Å². The summed E-state index contributed by atoms with van der Waals surface area (Å²) in [6.45, 7) is 4.26. The van der Waals surface area contributed by atoms with Crippen LogP contribution in [0.15, 0.2) is 0 Å². The molecule has 0 aliphatic rings. The van der Waals surface area contributed by atoms with Gasteiger partial charge in [-0.1, -0.05) is 0 Å². The van der Waals surface area contributed by atoms with Crippen molar-refractivity contribution in [2.24, 2.45) is 0 Å². The molecule has 0 fully saturated rings. The van der Waals surface area contributed by atoms with Crippen LogP contribution in [0.5, 0.6) is 5.88 Å². The highest BCUT2D eigenvalue weighted by atomic mass is 16.5. The average molecular weight is 195 g/mol. The van der Waals surface area contributed by atoms with Gasteiger partial charge in [0.15, 0.2) is 6.61 Å². The highest BCUT2D eigenvalue weighted by Crippen LogP contribution is 2.19. The van der Waals surface area contributed by atoms with Crippen LogP contribution in [-0.4, -0.2) is 28.1 Å². The van der Waals surface area contributed by atoms with Gasteiger partial charge in [-0.15, -0.1) is 5.10 Å². The Balaban J connectivity index is 2.86. The molecule has 0 spiro atoms. The number of aromatic nitrogens is 2. The Labute approximate surface area is 82.5 Å². The van der Waals surface area contributed by atoms with Crippen LogP contribution in [0.25, 0.3) is 0 Å². The Morgan fingerprint density at radius 3 is 2.86 bits per heavy atom. The average Bonchev–Trinajstić information content (AvgIpc) is 2.44. The monoisotopic (exact) mass is 195 g/mol. The Morgan fingerprint density at radius 2 is 2.29 bits per heavy atom. The number of ether oxygens (including phenoxy) is 1. The second kappa shape index (κ2) is 4.63. The molecular weight excluding hydrogens is 182 g/mol. The first-order chi connectivity index (χ1) is 6.70. The van der Waals surface area contributed by atoms with Crippen molar-refractivity contribution in [1.29, 1.82) is 5.26 Å². The largest absolute Gasteiger partial charge is 0.461 e. The molecule has 1 heterocycles. The van der Waals surface area contributed by atoms with Gasteiger partial charge in [-0.2, -0.15) is 5.26 Å². The van der Waals surface area contributed by atoms with Crippen LogP contribution in [0.2, 0.25) is 0 Å². The van der Waals surface area contributed by atoms with E-state index in [0.29, 0.717) is 12.4 Å². The van der Waals surface area contributed by atoms with Gasteiger partial charge in [0.25, 0.3) is 0 Å². The van der Waals surface area contributed by atoms with Crippen molar-refractivity contribution in [3.05, 3.63) is 11.3 Å². The normalized spacial score (nSPS) is 9.86. The second-order valence-corrected chi connectivity index (χ2v) is 2.91. The van der Waals surface area contributed by atoms with E-state index in [2.05, 4.69) is 5.10 Å². The van der Waals surface area contributed by atoms with Crippen molar-refractivity contribution < 1.29 is 9.84 Å². The summed E-state index contributed by atoms with van der Waals surface area (Å²) in [6.07, 6.45) is 0. The smallest absolute Gasteiger partial charge is 0.237 e. The molecule has 0 unspecified atom stereocenters. The fraction of sp³-hybridized carbons (Fsp3) is 0.556. The van der Waals surface area contributed by atoms with Gasteiger partial charge in [0.05, 0.1) is 13.2 Å². The fourth-order valence-electron chi connectivity index (χ4n) is 1.16. The van der Waals surface area contributed by atoms with Crippen molar-refractivity contribution in [2.75, 3.05) is 13.2 Å². The molecule has 1 N–H and O–H groups in total. The van der Waals surface area contributed by atoms with Gasteiger partial charge in [-0.25, -0.2) is 0 Å². The lowest BCUT2D eigenvalue weighted by atomic mass is 10.3. The molecule has 0 saturated heterocycles. The van der Waals surface area contributed by atoms with Crippen molar-refractivity contribution in [1.82, 2.24) is 9.78 Å². The number of aliphatic hydroxyl groups is 1. The zero-order chi connectivity index (χ0) is 10.6. The van der Waals surface area contributed by atoms with E-state index in [1.54, 1.807) is 4.68 Å². The van der Waals surface area contributed by atoms with Gasteiger partial charge in [-0.3, -0.25) is 4.68 Å². The fourth-order valence-corrected chi connectivity index (χ4v) is 1.16. The predicted octanol–water partition coefficient (Wildman–Crippen LogP) is 0.395. The van der Waals surface area contributed by atoms with E-state index in [0.717, 1.165) is 11.3 Å². The summed E-state index contributed by atoms with van der Waals surface area (Å²) in [6, 6.07) is 1.88. The summed E-state index contributed by atoms with van der Waals surface area (Å²) in [5.41, 5.74) is 1.86. The second-order valence-electron chi connectivity index (χ2n) is 2.91. The Morgan fingerprint density at radius 1 is 1.57 bits per heavy atom. The third-order valence-corrected chi connectivity index (χ3v) is 2.05. The lowest BCUT2D eigenvalue weighted by molar-refractivity contribution is 0.264. The molecule has 0 saturated carbocycles. The lowest BCUT2D eigenvalue weighted by Crippen LogP contribution is -2.06. The number of aliphatic hydroxyl groups excluding tert-OH is 1. The Bertz CT molecular complexity index is 352. The topological polar surface area (TPSA) is 71.1 Å². The first kappa shape index (κ1) is 10.5. The molecule has 14 heavy (non-hydrogen) atoms. The molecule has 1 aromatic rings. The molecule has 0 aromatic carbocycles. The standard InChI is InChI=1S/C9H13N3O2/c1-7-8(2)12(4-5-13)11-9(7)14-6-3-10/h13H,4-6H2,1-2H3. The molecule has 0 radical (unpaired) electrons. The maximum Gasteiger partial charge on any atom is 0.237 e. The van der Waals surface area contributed by atoms with Crippen molar-refractivity contribution in [3.8, 4) is 11.9 Å². The third-order valence-electron chi connectivity index (χ3n) is 2.05. The highest BCUT2D eigenvalue weighted by molar-refractivity contribution is 5.29. The van der Waals surface area contributed by atoms with E-state index in [4.69, 9.17) is 15.1 Å². The summed E-state index contributed by atoms with van der Waals surface area (Å²) in [5.74, 6) is 0.470. The van der Waals surface area contributed by atoms with Gasteiger partial charge in [0, 0.05) is 11.3 Å². The van der Waals surface area contributed by atoms with Crippen molar-refractivity contribution in [2.45, 2.75) is 20.4 Å². The number of hydrogen-bond donors (Lipinski definition) is 1. The first-order valence-corrected chi connectivity index (χ1v) is 4.35. The number of nitriles is 1. The molecule has 1 rings (SSSR count). The molecule has 0 aliphatic carbocycles. The van der Waals surface area contributed by atoms with E-state index in [1.807, 2.05) is 19.9 Å². The van der Waals surface area contributed by atoms with Gasteiger partial charge >= 0.3 is 0 Å². The van der Waals surface area contributed by atoms with Gasteiger partial charge in [0.2, 0.25) is 5.88 Å². The summed E-state index contributed by atoms with van der Waals surface area (Å²) < 4.78 is 6.79. The van der Waals surface area contributed by atoms with Crippen molar-refractivity contribution >= 4 is 0 Å². The molecule has 0 bridgehead atoms. The Hall–Kier alpha value is -1.54. The minimum atomic E-state index is -0.00355. The predicted molar refractivity (Wildman–Crippen MR) is 49.9 cm³/mol. The van der Waals surface area contributed by atoms with Crippen LogP contribution in [0.4, 0.5) is 0 Å². The molecule has 5 nitrogen and oxygen atoms in total. The first-order valence-electron chi connectivity index (χ1n) is 4.35. The van der Waals surface area contributed by atoms with Crippen LogP contribution >= 0.6 is 0 Å². The maximum absolute atomic E-state index is 8.77. The van der Waals surface area contributed by atoms with Crippen LogP contribution < -0.4 is 4.74 Å². The molecule has 0 amide bonds. The minimum Gasteiger partial charge on any atom is -0.461 e. The SMILES string of the molecule is Cc1c(OCC#N)nn(CCO)c1C. The van der Waals surface area contributed by atoms with E-state index in [-0.39, 0.29) is 13.2 Å². The van der Waals surface area contributed by atoms with E-state index >= 15 is 0 Å². The van der Waals surface area contributed by atoms with Gasteiger partial charge < -0.3 is 9.84 Å². The summed E-state index contributed by atoms with van der Waals surface area (Å²) in [4.78, 5) is 0. The molecule has 76 valence electrons. The third kappa shape index (κ3) is 2.03. The van der Waals surface area contributed by atoms with Crippen LogP contribution in [-0.2, 0) is 6.54 Å². The van der Waals surface area contributed by atoms with Crippen LogP contribution in [0.1, 0.15) is 11.3 Å². The van der Waals surface area contributed by atoms with E-state index < -0.39 is 0 Å². The maximum atomic E-state index is 8.77. The molecule has 1 aromatic heterocycles. The molecule has 0 aliphatic heterocycles. The lowest BCUT2D eigenvalue weighted by Gasteiger charge is -1.99. The molecular formula is C9H13N3O2. The summed E-state index contributed by atoms with van der Waals surface area (Å²) in [5, 5.41) is 21.2. The van der Waals surface area contributed by atoms with Gasteiger partial charge in [-0.05, 0) is 13.8 Å². The molecule has 5 heteroatoms. The number of nitrogens with zero attached hydrogens (tertiary/aromatic N) is 3. The molecule has 0 atom stereocenters. The van der Waals surface area contributed by atoms with Gasteiger partial charge in [0.1, 0.15) is 6.07 Å². The number of rotatable bonds is 4. The Kier molecular flexibility index (Phi) is 3.48. The van der Waals surface area contributed by atoms with Crippen molar-refractivity contribution in [3.63, 3.8) is 0 Å². The minimum absolute atomic E-state index is 0.00355. The highest BCUT2D eigenvalue weighted by Gasteiger charge is 2.10. The number of hydrogen-bond acceptors (Lipinski definition) is 4. The van der Waals surface area contributed by atoms with Crippen LogP contribution in [0.3, 0.4) is 0 Å². The van der Waals surface area contributed by atoms with E-state index in [1.165, 1.54) is 0 Å². The zero-order valence-corrected chi connectivity index (χ0v) is 8.32. The summed E-state index contributed by atoms with van der Waals surface area (Å²) in [7, 11) is 0. The zero-order valence-electron chi connectivity index (χ0n) is 8.32. The summed E-state index contributed by atoms with van der Waals surface area (Å²) >= 11 is 0. The van der Waals surface area contributed by atoms with E-state index in [9.17, 15) is 0 Å². The quantitative estimate of drug-likeness (QED) is 0.754.